The van der Waals surface area contributed by atoms with Crippen LogP contribution in [0.1, 0.15) is 18.4 Å². The number of benzene rings is 1. The van der Waals surface area contributed by atoms with Crippen LogP contribution in [-0.4, -0.2) is 61.0 Å². The van der Waals surface area contributed by atoms with Crippen LogP contribution < -0.4 is 5.73 Å². The first kappa shape index (κ1) is 16.8. The molecule has 1 aromatic carbocycles. The fourth-order valence-electron chi connectivity index (χ4n) is 3.37. The molecule has 0 aromatic heterocycles. The highest BCUT2D eigenvalue weighted by molar-refractivity contribution is 5.82. The number of amides is 2. The molecule has 0 bridgehead atoms. The highest BCUT2D eigenvalue weighted by atomic mass is 16.5. The summed E-state index contributed by atoms with van der Waals surface area (Å²) in [5, 5.41) is 0. The van der Waals surface area contributed by atoms with Crippen molar-refractivity contribution < 1.29 is 14.3 Å². The van der Waals surface area contributed by atoms with Crippen molar-refractivity contribution in [2.75, 3.05) is 45.1 Å². The van der Waals surface area contributed by atoms with Gasteiger partial charge in [0.15, 0.2) is 0 Å². The number of likely N-dealkylation sites (tertiary alicyclic amines) is 1. The maximum Gasteiger partial charge on any atom is 0.227 e. The number of carbonyl (C=O) groups excluding carboxylic acids is 2. The van der Waals surface area contributed by atoms with Crippen LogP contribution in [0.2, 0.25) is 0 Å². The van der Waals surface area contributed by atoms with Gasteiger partial charge in [-0.25, -0.2) is 0 Å². The lowest BCUT2D eigenvalue weighted by Gasteiger charge is -2.36. The van der Waals surface area contributed by atoms with Crippen molar-refractivity contribution in [3.63, 3.8) is 0 Å². The molecule has 0 saturated carbocycles. The van der Waals surface area contributed by atoms with Crippen molar-refractivity contribution in [3.8, 4) is 0 Å². The molecule has 3 rings (SSSR count). The Balaban J connectivity index is 1.57. The molecule has 2 aliphatic rings. The summed E-state index contributed by atoms with van der Waals surface area (Å²) < 4.78 is 5.30. The summed E-state index contributed by atoms with van der Waals surface area (Å²) in [6, 6.07) is 7.38. The number of rotatable bonds is 3. The molecule has 6 heteroatoms. The number of hydrogen-bond acceptors (Lipinski definition) is 4. The van der Waals surface area contributed by atoms with Crippen LogP contribution in [0.25, 0.3) is 0 Å². The number of anilines is 1. The minimum atomic E-state index is -0.0767. The molecule has 0 aliphatic carbocycles. The van der Waals surface area contributed by atoms with Crippen LogP contribution in [0.5, 0.6) is 0 Å². The number of ether oxygens (including phenoxy) is 1. The Morgan fingerprint density at radius 3 is 2.50 bits per heavy atom. The van der Waals surface area contributed by atoms with E-state index >= 15 is 0 Å². The Morgan fingerprint density at radius 2 is 1.79 bits per heavy atom. The Labute approximate surface area is 142 Å². The molecule has 6 nitrogen and oxygen atoms in total. The smallest absolute Gasteiger partial charge is 0.227 e. The minimum absolute atomic E-state index is 0.0767. The lowest BCUT2D eigenvalue weighted by molar-refractivity contribution is -0.143. The highest BCUT2D eigenvalue weighted by Crippen LogP contribution is 2.20. The van der Waals surface area contributed by atoms with E-state index in [0.717, 1.165) is 24.9 Å². The van der Waals surface area contributed by atoms with Gasteiger partial charge in [-0.05, 0) is 30.5 Å². The van der Waals surface area contributed by atoms with Gasteiger partial charge < -0.3 is 20.3 Å². The maximum atomic E-state index is 12.6. The zero-order valence-corrected chi connectivity index (χ0v) is 13.9. The van der Waals surface area contributed by atoms with E-state index in [4.69, 9.17) is 10.5 Å². The van der Waals surface area contributed by atoms with Crippen LogP contribution in [-0.2, 0) is 20.7 Å². The van der Waals surface area contributed by atoms with Gasteiger partial charge in [0.25, 0.3) is 0 Å². The summed E-state index contributed by atoms with van der Waals surface area (Å²) >= 11 is 0. The first-order valence-electron chi connectivity index (χ1n) is 8.62. The molecular weight excluding hydrogens is 306 g/mol. The van der Waals surface area contributed by atoms with Gasteiger partial charge in [0.2, 0.25) is 11.8 Å². The quantitative estimate of drug-likeness (QED) is 0.835. The van der Waals surface area contributed by atoms with Gasteiger partial charge in [-0.2, -0.15) is 0 Å². The third kappa shape index (κ3) is 4.06. The van der Waals surface area contributed by atoms with E-state index in [1.54, 1.807) is 0 Å². The Hall–Kier alpha value is -2.08. The van der Waals surface area contributed by atoms with Crippen molar-refractivity contribution >= 4 is 17.5 Å². The second-order valence-electron chi connectivity index (χ2n) is 6.53. The van der Waals surface area contributed by atoms with Gasteiger partial charge in [-0.15, -0.1) is 0 Å². The Bertz CT molecular complexity index is 582. The summed E-state index contributed by atoms with van der Waals surface area (Å²) in [5.41, 5.74) is 7.33. The monoisotopic (exact) mass is 331 g/mol. The lowest BCUT2D eigenvalue weighted by atomic mass is 9.95. The van der Waals surface area contributed by atoms with Gasteiger partial charge in [0, 0.05) is 31.9 Å². The van der Waals surface area contributed by atoms with Crippen molar-refractivity contribution in [2.45, 2.75) is 19.3 Å². The number of nitrogens with zero attached hydrogens (tertiary/aromatic N) is 2. The summed E-state index contributed by atoms with van der Waals surface area (Å²) in [6.45, 7) is 3.81. The number of nitrogen functional groups attached to an aromatic ring is 1. The molecule has 2 amide bonds. The van der Waals surface area contributed by atoms with Gasteiger partial charge in [-0.1, -0.05) is 12.1 Å². The molecule has 1 aromatic rings. The predicted molar refractivity (Wildman–Crippen MR) is 91.3 cm³/mol. The van der Waals surface area contributed by atoms with Crippen LogP contribution in [0.4, 0.5) is 5.69 Å². The third-order valence-corrected chi connectivity index (χ3v) is 4.78. The maximum absolute atomic E-state index is 12.6. The number of morpholine rings is 1. The summed E-state index contributed by atoms with van der Waals surface area (Å²) in [4.78, 5) is 28.9. The second-order valence-corrected chi connectivity index (χ2v) is 6.53. The first-order chi connectivity index (χ1) is 11.6. The summed E-state index contributed by atoms with van der Waals surface area (Å²) in [5.74, 6) is 0.176. The highest BCUT2D eigenvalue weighted by Gasteiger charge is 2.31. The molecule has 0 radical (unpaired) electrons. The van der Waals surface area contributed by atoms with Crippen LogP contribution in [0.3, 0.4) is 0 Å². The molecule has 2 fully saturated rings. The molecule has 2 heterocycles. The molecule has 1 unspecified atom stereocenters. The van der Waals surface area contributed by atoms with Crippen LogP contribution >= 0.6 is 0 Å². The third-order valence-electron chi connectivity index (χ3n) is 4.78. The van der Waals surface area contributed by atoms with Gasteiger partial charge in [0.1, 0.15) is 0 Å². The molecule has 2 N–H and O–H groups in total. The van der Waals surface area contributed by atoms with Crippen molar-refractivity contribution in [1.82, 2.24) is 9.80 Å². The summed E-state index contributed by atoms with van der Waals surface area (Å²) in [6.07, 6.45) is 2.11. The molecule has 0 spiro atoms. The van der Waals surface area contributed by atoms with E-state index in [1.807, 2.05) is 34.1 Å². The standard InChI is InChI=1S/C18H25N3O3/c19-16-5-3-14(4-6-16)12-17(22)21-7-1-2-15(13-21)18(23)20-8-10-24-11-9-20/h3-6,15H,1-2,7-13,19H2. The Kier molecular flexibility index (Phi) is 5.35. The minimum Gasteiger partial charge on any atom is -0.399 e. The van der Waals surface area contributed by atoms with Gasteiger partial charge >= 0.3 is 0 Å². The molecule has 2 aliphatic heterocycles. The zero-order chi connectivity index (χ0) is 16.9. The Morgan fingerprint density at radius 1 is 1.08 bits per heavy atom. The van der Waals surface area contributed by atoms with E-state index < -0.39 is 0 Å². The van der Waals surface area contributed by atoms with Crippen molar-refractivity contribution in [3.05, 3.63) is 29.8 Å². The lowest BCUT2D eigenvalue weighted by Crippen LogP contribution is -2.49. The number of nitrogens with two attached hydrogens (primary N) is 1. The molecule has 24 heavy (non-hydrogen) atoms. The zero-order valence-electron chi connectivity index (χ0n) is 13.9. The van der Waals surface area contributed by atoms with Crippen LogP contribution in [0.15, 0.2) is 24.3 Å². The number of carbonyl (C=O) groups is 2. The van der Waals surface area contributed by atoms with E-state index in [0.29, 0.717) is 45.0 Å². The average molecular weight is 331 g/mol. The van der Waals surface area contributed by atoms with Gasteiger partial charge in [-0.3, -0.25) is 9.59 Å². The normalized spacial score (nSPS) is 21.6. The predicted octanol–water partition coefficient (Wildman–Crippen LogP) is 0.909. The van der Waals surface area contributed by atoms with Gasteiger partial charge in [0.05, 0.1) is 25.6 Å². The van der Waals surface area contributed by atoms with E-state index in [-0.39, 0.29) is 17.7 Å². The second kappa shape index (κ2) is 7.66. The molecule has 1 atom stereocenters. The molecule has 2 saturated heterocycles. The molecule has 130 valence electrons. The fraction of sp³-hybridized carbons (Fsp3) is 0.556. The van der Waals surface area contributed by atoms with E-state index in [1.165, 1.54) is 0 Å². The van der Waals surface area contributed by atoms with Crippen molar-refractivity contribution in [1.29, 1.82) is 0 Å². The number of piperidine rings is 1. The van der Waals surface area contributed by atoms with Crippen molar-refractivity contribution in [2.24, 2.45) is 5.92 Å². The first-order valence-corrected chi connectivity index (χ1v) is 8.62. The topological polar surface area (TPSA) is 75.9 Å². The van der Waals surface area contributed by atoms with Crippen LogP contribution in [0, 0.1) is 5.92 Å². The van der Waals surface area contributed by atoms with E-state index in [2.05, 4.69) is 0 Å². The number of hydrogen-bond donors (Lipinski definition) is 1. The van der Waals surface area contributed by atoms with E-state index in [9.17, 15) is 9.59 Å². The largest absolute Gasteiger partial charge is 0.399 e. The summed E-state index contributed by atoms with van der Waals surface area (Å²) in [7, 11) is 0. The fourth-order valence-corrected chi connectivity index (χ4v) is 3.37. The molecular formula is C18H25N3O3. The SMILES string of the molecule is Nc1ccc(CC(=O)N2CCCC(C(=O)N3CCOCC3)C2)cc1. The average Bonchev–Trinajstić information content (AvgIpc) is 2.64.